The van der Waals surface area contributed by atoms with Crippen LogP contribution < -0.4 is 5.73 Å². The van der Waals surface area contributed by atoms with Crippen LogP contribution in [0.2, 0.25) is 0 Å². The van der Waals surface area contributed by atoms with Crippen LogP contribution in [-0.4, -0.2) is 0 Å². The highest BCUT2D eigenvalue weighted by atomic mass is 35.5. The molecule has 3 heteroatoms. The van der Waals surface area contributed by atoms with E-state index < -0.39 is 0 Å². The Balaban J connectivity index is 0.00000196. The number of hydrogen-bond donors (Lipinski definition) is 1. The van der Waals surface area contributed by atoms with Crippen molar-refractivity contribution in [2.45, 2.75) is 38.6 Å². The molecule has 2 N–H and O–H groups in total. The number of benzene rings is 1. The van der Waals surface area contributed by atoms with Gasteiger partial charge >= 0.3 is 0 Å². The highest BCUT2D eigenvalue weighted by Gasteiger charge is 2.05. The third-order valence-electron chi connectivity index (χ3n) is 2.40. The molecule has 0 saturated carbocycles. The molecule has 0 spiro atoms. The Morgan fingerprint density at radius 2 is 2.07 bits per heavy atom. The van der Waals surface area contributed by atoms with E-state index in [4.69, 9.17) is 5.73 Å². The average molecular weight is 232 g/mol. The predicted molar refractivity (Wildman–Crippen MR) is 64.7 cm³/mol. The van der Waals surface area contributed by atoms with Gasteiger partial charge in [0.2, 0.25) is 0 Å². The molecule has 0 fully saturated rings. The number of nitrogens with two attached hydrogens (primary N) is 1. The quantitative estimate of drug-likeness (QED) is 0.766. The minimum atomic E-state index is -0.201. The Morgan fingerprint density at radius 3 is 2.67 bits per heavy atom. The van der Waals surface area contributed by atoms with Crippen LogP contribution in [0.5, 0.6) is 0 Å². The highest BCUT2D eigenvalue weighted by molar-refractivity contribution is 5.85. The standard InChI is InChI=1S/C12H18FN.ClH/c1-2-3-4-8-12(14)10-6-5-7-11(13)9-10;/h5-7,9,12H,2-4,8,14H2,1H3;1H. The first-order valence-electron chi connectivity index (χ1n) is 5.25. The van der Waals surface area contributed by atoms with E-state index in [1.54, 1.807) is 6.07 Å². The molecule has 1 unspecified atom stereocenters. The lowest BCUT2D eigenvalue weighted by Gasteiger charge is -2.11. The van der Waals surface area contributed by atoms with E-state index in [9.17, 15) is 4.39 Å². The summed E-state index contributed by atoms with van der Waals surface area (Å²) >= 11 is 0. The summed E-state index contributed by atoms with van der Waals surface area (Å²) in [5.41, 5.74) is 6.84. The summed E-state index contributed by atoms with van der Waals surface area (Å²) in [6, 6.07) is 6.56. The van der Waals surface area contributed by atoms with Crippen molar-refractivity contribution in [3.05, 3.63) is 35.6 Å². The SMILES string of the molecule is CCCCCC(N)c1cccc(F)c1.Cl. The smallest absolute Gasteiger partial charge is 0.123 e. The van der Waals surface area contributed by atoms with Gasteiger partial charge in [-0.2, -0.15) is 0 Å². The van der Waals surface area contributed by atoms with Crippen LogP contribution in [-0.2, 0) is 0 Å². The number of unbranched alkanes of at least 4 members (excludes halogenated alkanes) is 2. The van der Waals surface area contributed by atoms with Gasteiger partial charge in [0.1, 0.15) is 5.82 Å². The molecule has 0 heterocycles. The summed E-state index contributed by atoms with van der Waals surface area (Å²) in [7, 11) is 0. The minimum Gasteiger partial charge on any atom is -0.324 e. The van der Waals surface area contributed by atoms with Gasteiger partial charge in [0, 0.05) is 6.04 Å². The summed E-state index contributed by atoms with van der Waals surface area (Å²) in [6.07, 6.45) is 4.45. The summed E-state index contributed by atoms with van der Waals surface area (Å²) < 4.78 is 12.9. The van der Waals surface area contributed by atoms with Crippen LogP contribution in [0, 0.1) is 5.82 Å². The zero-order valence-corrected chi connectivity index (χ0v) is 9.90. The molecule has 0 aliphatic heterocycles. The third-order valence-corrected chi connectivity index (χ3v) is 2.40. The molecule has 0 aromatic heterocycles. The monoisotopic (exact) mass is 231 g/mol. The molecule has 1 atom stereocenters. The molecule has 0 aliphatic carbocycles. The van der Waals surface area contributed by atoms with Crippen molar-refractivity contribution in [1.82, 2.24) is 0 Å². The third kappa shape index (κ3) is 5.14. The largest absolute Gasteiger partial charge is 0.324 e. The molecule has 86 valence electrons. The van der Waals surface area contributed by atoms with Gasteiger partial charge in [-0.3, -0.25) is 0 Å². The van der Waals surface area contributed by atoms with Crippen molar-refractivity contribution in [1.29, 1.82) is 0 Å². The summed E-state index contributed by atoms with van der Waals surface area (Å²) in [6.45, 7) is 2.16. The predicted octanol–water partition coefficient (Wildman–Crippen LogP) is 3.83. The molecule has 0 amide bonds. The maximum absolute atomic E-state index is 12.9. The second-order valence-electron chi connectivity index (χ2n) is 3.66. The fourth-order valence-electron chi connectivity index (χ4n) is 1.52. The Hall–Kier alpha value is -0.600. The van der Waals surface area contributed by atoms with Crippen LogP contribution in [0.3, 0.4) is 0 Å². The van der Waals surface area contributed by atoms with E-state index in [2.05, 4.69) is 6.92 Å². The number of hydrogen-bond acceptors (Lipinski definition) is 1. The van der Waals surface area contributed by atoms with E-state index >= 15 is 0 Å². The molecule has 0 saturated heterocycles. The Labute approximate surface area is 97.3 Å². The first kappa shape index (κ1) is 14.4. The second kappa shape index (κ2) is 7.66. The average Bonchev–Trinajstić information content (AvgIpc) is 2.18. The molecule has 1 nitrogen and oxygen atoms in total. The topological polar surface area (TPSA) is 26.0 Å². The van der Waals surface area contributed by atoms with Crippen molar-refractivity contribution in [2.75, 3.05) is 0 Å². The van der Waals surface area contributed by atoms with Gasteiger partial charge in [-0.1, -0.05) is 38.3 Å². The van der Waals surface area contributed by atoms with Gasteiger partial charge in [-0.15, -0.1) is 12.4 Å². The maximum Gasteiger partial charge on any atom is 0.123 e. The molecule has 1 aromatic carbocycles. The number of rotatable bonds is 5. The molecule has 1 rings (SSSR count). The molecule has 1 aromatic rings. The lowest BCUT2D eigenvalue weighted by atomic mass is 10.0. The van der Waals surface area contributed by atoms with Crippen LogP contribution >= 0.6 is 12.4 Å². The van der Waals surface area contributed by atoms with Crippen molar-refractivity contribution in [3.63, 3.8) is 0 Å². The van der Waals surface area contributed by atoms with Crippen molar-refractivity contribution in [3.8, 4) is 0 Å². The van der Waals surface area contributed by atoms with E-state index in [0.717, 1.165) is 18.4 Å². The van der Waals surface area contributed by atoms with Crippen molar-refractivity contribution >= 4 is 12.4 Å². The van der Waals surface area contributed by atoms with Gasteiger partial charge in [-0.05, 0) is 24.1 Å². The normalized spacial score (nSPS) is 11.9. The van der Waals surface area contributed by atoms with Crippen LogP contribution in [0.25, 0.3) is 0 Å². The molecule has 0 radical (unpaired) electrons. The minimum absolute atomic E-state index is 0. The maximum atomic E-state index is 12.9. The Kier molecular flexibility index (Phi) is 7.35. The van der Waals surface area contributed by atoms with Crippen LogP contribution in [0.1, 0.15) is 44.2 Å². The van der Waals surface area contributed by atoms with E-state index in [1.165, 1.54) is 25.0 Å². The van der Waals surface area contributed by atoms with Gasteiger partial charge in [0.25, 0.3) is 0 Å². The number of halogens is 2. The highest BCUT2D eigenvalue weighted by Crippen LogP contribution is 2.17. The fraction of sp³-hybridized carbons (Fsp3) is 0.500. The first-order valence-corrected chi connectivity index (χ1v) is 5.25. The zero-order chi connectivity index (χ0) is 10.4. The van der Waals surface area contributed by atoms with Gasteiger partial charge in [0.05, 0.1) is 0 Å². The molecular weight excluding hydrogens is 213 g/mol. The van der Waals surface area contributed by atoms with Crippen LogP contribution in [0.4, 0.5) is 4.39 Å². The van der Waals surface area contributed by atoms with E-state index in [-0.39, 0.29) is 24.3 Å². The lowest BCUT2D eigenvalue weighted by Crippen LogP contribution is -2.10. The molecular formula is C12H19ClFN. The van der Waals surface area contributed by atoms with Crippen molar-refractivity contribution < 1.29 is 4.39 Å². The van der Waals surface area contributed by atoms with E-state index in [0.29, 0.717) is 0 Å². The Morgan fingerprint density at radius 1 is 1.33 bits per heavy atom. The van der Waals surface area contributed by atoms with E-state index in [1.807, 2.05) is 6.07 Å². The fourth-order valence-corrected chi connectivity index (χ4v) is 1.52. The Bertz CT molecular complexity index is 278. The summed E-state index contributed by atoms with van der Waals surface area (Å²) in [4.78, 5) is 0. The van der Waals surface area contributed by atoms with Crippen LogP contribution in [0.15, 0.2) is 24.3 Å². The second-order valence-corrected chi connectivity index (χ2v) is 3.66. The van der Waals surface area contributed by atoms with Gasteiger partial charge in [-0.25, -0.2) is 4.39 Å². The first-order chi connectivity index (χ1) is 6.74. The summed E-state index contributed by atoms with van der Waals surface area (Å²) in [5, 5.41) is 0. The van der Waals surface area contributed by atoms with Crippen molar-refractivity contribution in [2.24, 2.45) is 5.73 Å². The van der Waals surface area contributed by atoms with Gasteiger partial charge in [0.15, 0.2) is 0 Å². The molecule has 0 aliphatic rings. The van der Waals surface area contributed by atoms with Gasteiger partial charge < -0.3 is 5.73 Å². The summed E-state index contributed by atoms with van der Waals surface area (Å²) in [5.74, 6) is -0.201. The molecule has 0 bridgehead atoms. The molecule has 15 heavy (non-hydrogen) atoms. The lowest BCUT2D eigenvalue weighted by molar-refractivity contribution is 0.572. The zero-order valence-electron chi connectivity index (χ0n) is 9.08.